The van der Waals surface area contributed by atoms with E-state index in [1.54, 1.807) is 17.8 Å². The molecule has 0 N–H and O–H groups in total. The molecule has 1 aliphatic rings. The van der Waals surface area contributed by atoms with Crippen LogP contribution in [0, 0.1) is 0 Å². The zero-order valence-electron chi connectivity index (χ0n) is 13.4. The summed E-state index contributed by atoms with van der Waals surface area (Å²) in [5.74, 6) is -0.488. The number of rotatable bonds is 6. The van der Waals surface area contributed by atoms with Crippen LogP contribution in [0.2, 0.25) is 0 Å². The number of ketones is 1. The van der Waals surface area contributed by atoms with E-state index < -0.39 is 11.6 Å². The van der Waals surface area contributed by atoms with E-state index in [1.165, 1.54) is 6.20 Å². The van der Waals surface area contributed by atoms with Crippen molar-refractivity contribution < 1.29 is 14.3 Å². The molecule has 5 nitrogen and oxygen atoms in total. The zero-order valence-corrected chi connectivity index (χ0v) is 13.4. The lowest BCUT2D eigenvalue weighted by Crippen LogP contribution is -2.30. The summed E-state index contributed by atoms with van der Waals surface area (Å²) in [6.07, 6.45) is 4.73. The van der Waals surface area contributed by atoms with Crippen molar-refractivity contribution in [1.29, 1.82) is 0 Å². The number of carbonyl (C=O) groups is 2. The van der Waals surface area contributed by atoms with Crippen LogP contribution in [0.1, 0.15) is 55.2 Å². The quantitative estimate of drug-likeness (QED) is 0.769. The fraction of sp³-hybridized carbons (Fsp3) is 0.389. The molecule has 1 heterocycles. The maximum Gasteiger partial charge on any atom is 0.357 e. The van der Waals surface area contributed by atoms with Crippen molar-refractivity contribution in [3.63, 3.8) is 0 Å². The average Bonchev–Trinajstić information content (AvgIpc) is 3.19. The molecule has 2 aromatic rings. The number of hydrogen-bond acceptors (Lipinski definition) is 4. The molecule has 0 amide bonds. The van der Waals surface area contributed by atoms with Gasteiger partial charge in [-0.25, -0.2) is 9.78 Å². The summed E-state index contributed by atoms with van der Waals surface area (Å²) in [7, 11) is 0. The SMILES string of the molecule is CCC(=O)C1(OC(=O)c2cncn2[C@H](C)c2ccccc2)CC1. The first-order valence-electron chi connectivity index (χ1n) is 7.91. The van der Waals surface area contributed by atoms with Gasteiger partial charge >= 0.3 is 5.97 Å². The largest absolute Gasteiger partial charge is 0.446 e. The summed E-state index contributed by atoms with van der Waals surface area (Å²) in [6, 6.07) is 9.83. The lowest BCUT2D eigenvalue weighted by Gasteiger charge is -2.18. The van der Waals surface area contributed by atoms with Gasteiger partial charge in [-0.3, -0.25) is 4.79 Å². The van der Waals surface area contributed by atoms with Crippen LogP contribution in [0.5, 0.6) is 0 Å². The van der Waals surface area contributed by atoms with Gasteiger partial charge < -0.3 is 9.30 Å². The van der Waals surface area contributed by atoms with E-state index >= 15 is 0 Å². The van der Waals surface area contributed by atoms with Crippen molar-refractivity contribution >= 4 is 11.8 Å². The molecule has 0 saturated heterocycles. The van der Waals surface area contributed by atoms with Gasteiger partial charge in [0.2, 0.25) is 0 Å². The first-order chi connectivity index (χ1) is 11.1. The van der Waals surface area contributed by atoms with Crippen LogP contribution in [0.25, 0.3) is 0 Å². The van der Waals surface area contributed by atoms with Crippen LogP contribution < -0.4 is 0 Å². The Kier molecular flexibility index (Phi) is 4.03. The second-order valence-electron chi connectivity index (χ2n) is 5.93. The number of Topliss-reactive ketones (excluding diaryl/α,β-unsaturated/α-hetero) is 1. The molecule has 0 aliphatic heterocycles. The fourth-order valence-electron chi connectivity index (χ4n) is 2.77. The van der Waals surface area contributed by atoms with Crippen molar-refractivity contribution in [3.05, 3.63) is 54.1 Å². The summed E-state index contributed by atoms with van der Waals surface area (Å²) in [5, 5.41) is 0. The first kappa shape index (κ1) is 15.5. The molecule has 1 fully saturated rings. The minimum atomic E-state index is -0.892. The molecule has 120 valence electrons. The molecule has 1 atom stereocenters. The third kappa shape index (κ3) is 2.91. The molecule has 1 saturated carbocycles. The van der Waals surface area contributed by atoms with Crippen LogP contribution in [-0.4, -0.2) is 26.9 Å². The Labute approximate surface area is 135 Å². The minimum Gasteiger partial charge on any atom is -0.446 e. The molecular weight excluding hydrogens is 292 g/mol. The number of aromatic nitrogens is 2. The Hall–Kier alpha value is -2.43. The summed E-state index contributed by atoms with van der Waals surface area (Å²) in [5.41, 5.74) is 0.554. The summed E-state index contributed by atoms with van der Waals surface area (Å²) in [4.78, 5) is 28.5. The predicted molar refractivity (Wildman–Crippen MR) is 85.2 cm³/mol. The number of carbonyl (C=O) groups excluding carboxylic acids is 2. The smallest absolute Gasteiger partial charge is 0.357 e. The van der Waals surface area contributed by atoms with Gasteiger partial charge in [0.25, 0.3) is 0 Å². The van der Waals surface area contributed by atoms with Gasteiger partial charge in [0.05, 0.1) is 18.6 Å². The number of nitrogens with zero attached hydrogens (tertiary/aromatic N) is 2. The third-order valence-corrected chi connectivity index (χ3v) is 4.40. The first-order valence-corrected chi connectivity index (χ1v) is 7.91. The normalized spacial score (nSPS) is 16.6. The highest BCUT2D eigenvalue weighted by Gasteiger charge is 2.53. The molecule has 1 aromatic heterocycles. The highest BCUT2D eigenvalue weighted by molar-refractivity contribution is 5.95. The number of esters is 1. The van der Waals surface area contributed by atoms with E-state index in [9.17, 15) is 9.59 Å². The molecule has 0 bridgehead atoms. The Morgan fingerprint density at radius 1 is 1.30 bits per heavy atom. The second kappa shape index (κ2) is 5.99. The Bertz CT molecular complexity index is 717. The summed E-state index contributed by atoms with van der Waals surface area (Å²) in [6.45, 7) is 3.79. The lowest BCUT2D eigenvalue weighted by molar-refractivity contribution is -0.129. The van der Waals surface area contributed by atoms with Crippen LogP contribution >= 0.6 is 0 Å². The Morgan fingerprint density at radius 3 is 2.61 bits per heavy atom. The molecule has 1 aliphatic carbocycles. The molecule has 3 rings (SSSR count). The predicted octanol–water partition coefficient (Wildman–Crippen LogP) is 3.16. The average molecular weight is 312 g/mol. The summed E-state index contributed by atoms with van der Waals surface area (Å²) >= 11 is 0. The molecule has 23 heavy (non-hydrogen) atoms. The van der Waals surface area contributed by atoms with Gasteiger partial charge in [0, 0.05) is 6.42 Å². The van der Waals surface area contributed by atoms with Crippen molar-refractivity contribution in [1.82, 2.24) is 9.55 Å². The molecule has 0 spiro atoms. The maximum absolute atomic E-state index is 12.5. The highest BCUT2D eigenvalue weighted by Crippen LogP contribution is 2.42. The zero-order chi connectivity index (χ0) is 16.4. The van der Waals surface area contributed by atoms with E-state index in [4.69, 9.17) is 4.74 Å². The molecular formula is C18H20N2O3. The van der Waals surface area contributed by atoms with Crippen LogP contribution in [0.3, 0.4) is 0 Å². The van der Waals surface area contributed by atoms with Crippen molar-refractivity contribution in [2.24, 2.45) is 0 Å². The van der Waals surface area contributed by atoms with Gasteiger partial charge in [-0.2, -0.15) is 0 Å². The Balaban J connectivity index is 1.81. The van der Waals surface area contributed by atoms with Gasteiger partial charge in [-0.05, 0) is 25.3 Å². The highest BCUT2D eigenvalue weighted by atomic mass is 16.6. The molecule has 0 unspecified atom stereocenters. The molecule has 1 aromatic carbocycles. The van der Waals surface area contributed by atoms with Crippen LogP contribution in [0.15, 0.2) is 42.9 Å². The number of ether oxygens (including phenoxy) is 1. The maximum atomic E-state index is 12.5. The minimum absolute atomic E-state index is 0.00646. The molecule has 5 heteroatoms. The topological polar surface area (TPSA) is 61.2 Å². The fourth-order valence-corrected chi connectivity index (χ4v) is 2.77. The number of imidazole rings is 1. The number of hydrogen-bond donors (Lipinski definition) is 0. The monoisotopic (exact) mass is 312 g/mol. The van der Waals surface area contributed by atoms with Crippen LogP contribution in [-0.2, 0) is 9.53 Å². The molecule has 0 radical (unpaired) electrons. The van der Waals surface area contributed by atoms with Crippen molar-refractivity contribution in [2.75, 3.05) is 0 Å². The van der Waals surface area contributed by atoms with E-state index in [0.29, 0.717) is 25.0 Å². The second-order valence-corrected chi connectivity index (χ2v) is 5.93. The van der Waals surface area contributed by atoms with E-state index in [1.807, 2.05) is 37.3 Å². The third-order valence-electron chi connectivity index (χ3n) is 4.40. The summed E-state index contributed by atoms with van der Waals surface area (Å²) < 4.78 is 7.31. The Morgan fingerprint density at radius 2 is 2.00 bits per heavy atom. The van der Waals surface area contributed by atoms with Gasteiger partial charge in [-0.1, -0.05) is 37.3 Å². The van der Waals surface area contributed by atoms with Crippen molar-refractivity contribution in [3.8, 4) is 0 Å². The lowest BCUT2D eigenvalue weighted by atomic mass is 10.1. The van der Waals surface area contributed by atoms with Gasteiger partial charge in [0.1, 0.15) is 5.69 Å². The van der Waals surface area contributed by atoms with E-state index in [0.717, 1.165) is 5.56 Å². The van der Waals surface area contributed by atoms with Gasteiger partial charge in [0.15, 0.2) is 11.4 Å². The van der Waals surface area contributed by atoms with Crippen molar-refractivity contribution in [2.45, 2.75) is 44.8 Å². The van der Waals surface area contributed by atoms with Gasteiger partial charge in [-0.15, -0.1) is 0 Å². The van der Waals surface area contributed by atoms with E-state index in [-0.39, 0.29) is 11.8 Å². The van der Waals surface area contributed by atoms with E-state index in [2.05, 4.69) is 4.98 Å². The number of benzene rings is 1. The van der Waals surface area contributed by atoms with Crippen LogP contribution in [0.4, 0.5) is 0 Å². The standard InChI is InChI=1S/C18H20N2O3/c1-3-16(21)18(9-10-18)23-17(22)15-11-19-12-20(15)13(2)14-7-5-4-6-8-14/h4-8,11-13H,3,9-10H2,1-2H3/t13-/m1/s1.